The Morgan fingerprint density at radius 2 is 2.35 bits per heavy atom. The average Bonchev–Trinajstić information content (AvgIpc) is 2.87. The van der Waals surface area contributed by atoms with Crippen molar-refractivity contribution in [2.45, 2.75) is 5.16 Å². The number of thioether (sulfide) groups is 1. The lowest BCUT2D eigenvalue weighted by atomic mass is 10.2. The first-order valence-electron chi connectivity index (χ1n) is 5.97. The van der Waals surface area contributed by atoms with E-state index in [4.69, 9.17) is 9.84 Å². The molecule has 0 atom stereocenters. The summed E-state index contributed by atoms with van der Waals surface area (Å²) in [6.07, 6.45) is 0. The average molecular weight is 290 g/mol. The predicted octanol–water partition coefficient (Wildman–Crippen LogP) is 0.725. The molecule has 0 saturated heterocycles. The smallest absolute Gasteiger partial charge is 0.209 e. The monoisotopic (exact) mass is 290 g/mol. The Bertz CT molecular complexity index is 618. The Morgan fingerprint density at radius 3 is 3.10 bits per heavy atom. The molecule has 0 aliphatic carbocycles. The van der Waals surface area contributed by atoms with Crippen LogP contribution >= 0.6 is 11.8 Å². The van der Waals surface area contributed by atoms with Gasteiger partial charge in [0.1, 0.15) is 12.4 Å². The van der Waals surface area contributed by atoms with E-state index in [1.807, 2.05) is 24.3 Å². The van der Waals surface area contributed by atoms with E-state index >= 15 is 0 Å². The van der Waals surface area contributed by atoms with Crippen molar-refractivity contribution in [1.29, 1.82) is 0 Å². The molecule has 0 spiro atoms. The summed E-state index contributed by atoms with van der Waals surface area (Å²) in [7, 11) is 1.80. The minimum atomic E-state index is -0.145. The van der Waals surface area contributed by atoms with E-state index in [0.29, 0.717) is 6.61 Å². The van der Waals surface area contributed by atoms with Gasteiger partial charge in [0.15, 0.2) is 0 Å². The minimum Gasteiger partial charge on any atom is -0.493 e. The van der Waals surface area contributed by atoms with Crippen molar-refractivity contribution in [1.82, 2.24) is 20.2 Å². The number of tetrazole rings is 1. The molecular weight excluding hydrogens is 276 g/mol. The number of aliphatic hydroxyl groups is 1. The molecular formula is C13H14N4O2S. The fourth-order valence-corrected chi connectivity index (χ4v) is 2.11. The van der Waals surface area contributed by atoms with Gasteiger partial charge in [0.2, 0.25) is 5.16 Å². The fourth-order valence-electron chi connectivity index (χ4n) is 1.44. The highest BCUT2D eigenvalue weighted by atomic mass is 32.2. The van der Waals surface area contributed by atoms with E-state index in [9.17, 15) is 0 Å². The molecule has 0 bridgehead atoms. The van der Waals surface area contributed by atoms with E-state index in [0.717, 1.165) is 22.2 Å². The number of aryl methyl sites for hydroxylation is 1. The number of aliphatic hydroxyl groups excluding tert-OH is 1. The molecule has 6 nitrogen and oxygen atoms in total. The summed E-state index contributed by atoms with van der Waals surface area (Å²) in [5.41, 5.74) is 0.821. The molecule has 0 fully saturated rings. The number of nitrogens with zero attached hydrogens (tertiary/aromatic N) is 4. The van der Waals surface area contributed by atoms with E-state index < -0.39 is 0 Å². The maximum Gasteiger partial charge on any atom is 0.209 e. The molecule has 0 amide bonds. The molecule has 1 heterocycles. The third-order valence-corrected chi connectivity index (χ3v) is 3.29. The molecule has 2 aromatic rings. The Hall–Kier alpha value is -2.04. The first-order chi connectivity index (χ1) is 9.79. The summed E-state index contributed by atoms with van der Waals surface area (Å²) >= 11 is 1.53. The van der Waals surface area contributed by atoms with E-state index in [1.54, 1.807) is 11.7 Å². The first-order valence-corrected chi connectivity index (χ1v) is 6.96. The van der Waals surface area contributed by atoms with Crippen LogP contribution in [0.5, 0.6) is 5.75 Å². The lowest BCUT2D eigenvalue weighted by molar-refractivity contribution is 0.343. The van der Waals surface area contributed by atoms with Gasteiger partial charge in [0.05, 0.1) is 6.61 Å². The number of aromatic nitrogens is 4. The van der Waals surface area contributed by atoms with Gasteiger partial charge in [0, 0.05) is 18.4 Å². The van der Waals surface area contributed by atoms with Gasteiger partial charge in [0.25, 0.3) is 0 Å². The zero-order valence-corrected chi connectivity index (χ0v) is 11.8. The first kappa shape index (κ1) is 14.4. The fraction of sp³-hybridized carbons (Fsp3) is 0.308. The van der Waals surface area contributed by atoms with Crippen molar-refractivity contribution in [2.24, 2.45) is 7.05 Å². The summed E-state index contributed by atoms with van der Waals surface area (Å²) in [6.45, 7) is 0.405. The number of ether oxygens (including phenoxy) is 1. The summed E-state index contributed by atoms with van der Waals surface area (Å²) in [4.78, 5) is 0. The maximum atomic E-state index is 8.66. The standard InChI is InChI=1S/C13H14N4O2S/c1-17-13(14-15-16-17)20-9-8-19-12-6-2-4-11(10-12)5-3-7-18/h2,4,6,10,18H,7-9H2,1H3. The summed E-state index contributed by atoms with van der Waals surface area (Å²) in [6, 6.07) is 7.46. The number of hydrogen-bond acceptors (Lipinski definition) is 6. The molecule has 1 N–H and O–H groups in total. The molecule has 7 heteroatoms. The van der Waals surface area contributed by atoms with Crippen LogP contribution in [0.3, 0.4) is 0 Å². The van der Waals surface area contributed by atoms with Gasteiger partial charge < -0.3 is 9.84 Å². The summed E-state index contributed by atoms with van der Waals surface area (Å²) in [5.74, 6) is 6.95. The van der Waals surface area contributed by atoms with Crippen LogP contribution in [0.1, 0.15) is 5.56 Å². The Balaban J connectivity index is 1.81. The minimum absolute atomic E-state index is 0.145. The van der Waals surface area contributed by atoms with Gasteiger partial charge in [-0.3, -0.25) is 0 Å². The molecule has 2 rings (SSSR count). The van der Waals surface area contributed by atoms with Gasteiger partial charge in [-0.15, -0.1) is 5.10 Å². The SMILES string of the molecule is Cn1nnnc1SCCOc1cccc(C#CCO)c1. The molecule has 0 radical (unpaired) electrons. The zero-order chi connectivity index (χ0) is 14.2. The van der Waals surface area contributed by atoms with Gasteiger partial charge in [-0.2, -0.15) is 0 Å². The molecule has 1 aromatic heterocycles. The highest BCUT2D eigenvalue weighted by Gasteiger charge is 2.02. The Labute approximate surface area is 121 Å². The second-order valence-electron chi connectivity index (χ2n) is 3.77. The second kappa shape index (κ2) is 7.53. The van der Waals surface area contributed by atoms with Crippen LogP contribution in [-0.4, -0.2) is 44.3 Å². The number of benzene rings is 1. The summed E-state index contributed by atoms with van der Waals surface area (Å²) < 4.78 is 7.26. The summed E-state index contributed by atoms with van der Waals surface area (Å²) in [5, 5.41) is 20.6. The zero-order valence-electron chi connectivity index (χ0n) is 11.0. The van der Waals surface area contributed by atoms with Crippen LogP contribution in [0.15, 0.2) is 29.4 Å². The maximum absolute atomic E-state index is 8.66. The van der Waals surface area contributed by atoms with Crippen LogP contribution in [0, 0.1) is 11.8 Å². The molecule has 0 unspecified atom stereocenters. The van der Waals surface area contributed by atoms with Crippen molar-refractivity contribution in [3.05, 3.63) is 29.8 Å². The molecule has 0 aliphatic heterocycles. The quantitative estimate of drug-likeness (QED) is 0.497. The van der Waals surface area contributed by atoms with Crippen LogP contribution < -0.4 is 4.74 Å². The third kappa shape index (κ3) is 4.26. The van der Waals surface area contributed by atoms with Crippen LogP contribution in [0.25, 0.3) is 0 Å². The molecule has 0 aliphatic rings. The van der Waals surface area contributed by atoms with Crippen molar-refractivity contribution in [3.63, 3.8) is 0 Å². The van der Waals surface area contributed by atoms with Crippen LogP contribution in [0.2, 0.25) is 0 Å². The van der Waals surface area contributed by atoms with E-state index in [1.165, 1.54) is 11.8 Å². The van der Waals surface area contributed by atoms with E-state index in [-0.39, 0.29) is 6.61 Å². The third-order valence-electron chi connectivity index (χ3n) is 2.31. The van der Waals surface area contributed by atoms with Crippen molar-refractivity contribution in [2.75, 3.05) is 19.0 Å². The predicted molar refractivity (Wildman–Crippen MR) is 75.4 cm³/mol. The number of rotatable bonds is 5. The van der Waals surface area contributed by atoms with Crippen LogP contribution in [-0.2, 0) is 7.05 Å². The van der Waals surface area contributed by atoms with Gasteiger partial charge >= 0.3 is 0 Å². The molecule has 104 valence electrons. The molecule has 0 saturated carbocycles. The largest absolute Gasteiger partial charge is 0.493 e. The van der Waals surface area contributed by atoms with Gasteiger partial charge in [-0.05, 0) is 28.6 Å². The van der Waals surface area contributed by atoms with Crippen molar-refractivity contribution < 1.29 is 9.84 Å². The lowest BCUT2D eigenvalue weighted by Gasteiger charge is -2.05. The normalized spacial score (nSPS) is 9.90. The lowest BCUT2D eigenvalue weighted by Crippen LogP contribution is -2.02. The molecule has 1 aromatic carbocycles. The van der Waals surface area contributed by atoms with E-state index in [2.05, 4.69) is 27.4 Å². The highest BCUT2D eigenvalue weighted by Crippen LogP contribution is 2.15. The topological polar surface area (TPSA) is 73.1 Å². The molecule has 20 heavy (non-hydrogen) atoms. The second-order valence-corrected chi connectivity index (χ2v) is 4.83. The van der Waals surface area contributed by atoms with Gasteiger partial charge in [-0.1, -0.05) is 29.7 Å². The van der Waals surface area contributed by atoms with Gasteiger partial charge in [-0.25, -0.2) is 4.68 Å². The number of hydrogen-bond donors (Lipinski definition) is 1. The van der Waals surface area contributed by atoms with Crippen molar-refractivity contribution >= 4 is 11.8 Å². The Kier molecular flexibility index (Phi) is 5.41. The Morgan fingerprint density at radius 1 is 1.45 bits per heavy atom. The van der Waals surface area contributed by atoms with Crippen molar-refractivity contribution in [3.8, 4) is 17.6 Å². The highest BCUT2D eigenvalue weighted by molar-refractivity contribution is 7.99. The van der Waals surface area contributed by atoms with Crippen LogP contribution in [0.4, 0.5) is 0 Å².